The van der Waals surface area contributed by atoms with E-state index in [0.717, 1.165) is 17.0 Å². The Labute approximate surface area is 98.5 Å². The highest BCUT2D eigenvalue weighted by Crippen LogP contribution is 2.31. The Hall–Kier alpha value is -1.07. The first kappa shape index (κ1) is 11.4. The van der Waals surface area contributed by atoms with Crippen molar-refractivity contribution in [1.82, 2.24) is 10.3 Å². The fraction of sp³-hybridized carbons (Fsp3) is 0.455. The van der Waals surface area contributed by atoms with Gasteiger partial charge in [-0.15, -0.1) is 11.8 Å². The molecule has 16 heavy (non-hydrogen) atoms. The third-order valence-electron chi connectivity index (χ3n) is 2.58. The van der Waals surface area contributed by atoms with Crippen LogP contribution in [0.1, 0.15) is 23.1 Å². The Balaban J connectivity index is 2.09. The van der Waals surface area contributed by atoms with Gasteiger partial charge in [0.1, 0.15) is 6.04 Å². The van der Waals surface area contributed by atoms with Crippen molar-refractivity contribution in [1.29, 1.82) is 0 Å². The molecule has 2 rings (SSSR count). The monoisotopic (exact) mass is 238 g/mol. The lowest BCUT2D eigenvalue weighted by molar-refractivity contribution is -0.139. The molecule has 5 heteroatoms. The highest BCUT2D eigenvalue weighted by molar-refractivity contribution is 7.99. The van der Waals surface area contributed by atoms with Crippen LogP contribution in [0.25, 0.3) is 0 Å². The maximum Gasteiger partial charge on any atom is 0.320 e. The summed E-state index contributed by atoms with van der Waals surface area (Å²) >= 11 is 1.73. The second-order valence-electron chi connectivity index (χ2n) is 3.83. The van der Waals surface area contributed by atoms with Crippen LogP contribution in [-0.4, -0.2) is 27.9 Å². The number of thioether (sulfide) groups is 1. The van der Waals surface area contributed by atoms with Gasteiger partial charge in [-0.25, -0.2) is 0 Å². The van der Waals surface area contributed by atoms with Gasteiger partial charge in [0.25, 0.3) is 0 Å². The van der Waals surface area contributed by atoms with Crippen molar-refractivity contribution in [3.8, 4) is 0 Å². The topological polar surface area (TPSA) is 62.2 Å². The van der Waals surface area contributed by atoms with E-state index < -0.39 is 12.0 Å². The number of carboxylic acid groups (broad SMARTS) is 1. The van der Waals surface area contributed by atoms with Crippen molar-refractivity contribution < 1.29 is 9.90 Å². The third-order valence-corrected chi connectivity index (χ3v) is 3.79. The van der Waals surface area contributed by atoms with Gasteiger partial charge in [-0.2, -0.15) is 0 Å². The number of hydrogen-bond donors (Lipinski definition) is 2. The number of aromatic nitrogens is 1. The summed E-state index contributed by atoms with van der Waals surface area (Å²) in [6, 6.07) is 3.51. The van der Waals surface area contributed by atoms with E-state index in [-0.39, 0.29) is 5.37 Å². The Morgan fingerprint density at radius 1 is 1.62 bits per heavy atom. The summed E-state index contributed by atoms with van der Waals surface area (Å²) < 4.78 is 0. The first-order valence-corrected chi connectivity index (χ1v) is 6.24. The van der Waals surface area contributed by atoms with Gasteiger partial charge in [0.15, 0.2) is 0 Å². The maximum absolute atomic E-state index is 10.9. The predicted molar refractivity (Wildman–Crippen MR) is 63.3 cm³/mol. The van der Waals surface area contributed by atoms with Crippen molar-refractivity contribution in [2.45, 2.75) is 24.8 Å². The second-order valence-corrected chi connectivity index (χ2v) is 5.04. The lowest BCUT2D eigenvalue weighted by Crippen LogP contribution is -2.41. The molecule has 1 saturated heterocycles. The lowest BCUT2D eigenvalue weighted by atomic mass is 10.2. The van der Waals surface area contributed by atoms with E-state index in [1.165, 1.54) is 0 Å². The third kappa shape index (κ3) is 2.54. The van der Waals surface area contributed by atoms with E-state index in [4.69, 9.17) is 5.11 Å². The maximum atomic E-state index is 10.9. The summed E-state index contributed by atoms with van der Waals surface area (Å²) in [5.74, 6) is 0.0908. The number of nitrogens with zero attached hydrogens (tertiary/aromatic N) is 1. The van der Waals surface area contributed by atoms with Gasteiger partial charge in [0.05, 0.1) is 5.37 Å². The van der Waals surface area contributed by atoms with Crippen LogP contribution in [0.15, 0.2) is 18.3 Å². The van der Waals surface area contributed by atoms with E-state index >= 15 is 0 Å². The molecule has 1 fully saturated rings. The molecule has 4 nitrogen and oxygen atoms in total. The van der Waals surface area contributed by atoms with Crippen molar-refractivity contribution >= 4 is 17.7 Å². The molecule has 0 bridgehead atoms. The minimum absolute atomic E-state index is 0.0444. The van der Waals surface area contributed by atoms with Gasteiger partial charge in [0.2, 0.25) is 0 Å². The fourth-order valence-electron chi connectivity index (χ4n) is 1.64. The van der Waals surface area contributed by atoms with Crippen LogP contribution in [-0.2, 0) is 4.79 Å². The summed E-state index contributed by atoms with van der Waals surface area (Å²) in [4.78, 5) is 15.1. The van der Waals surface area contributed by atoms with Crippen LogP contribution in [0.3, 0.4) is 0 Å². The van der Waals surface area contributed by atoms with Crippen LogP contribution in [0, 0.1) is 6.92 Å². The first-order valence-electron chi connectivity index (χ1n) is 5.20. The molecule has 0 amide bonds. The first-order chi connectivity index (χ1) is 7.66. The normalized spacial score (nSPS) is 25.3. The molecule has 2 atom stereocenters. The number of carbonyl (C=O) groups is 1. The van der Waals surface area contributed by atoms with Crippen molar-refractivity contribution in [2.24, 2.45) is 0 Å². The summed E-state index contributed by atoms with van der Waals surface area (Å²) in [7, 11) is 0. The molecule has 0 aromatic carbocycles. The van der Waals surface area contributed by atoms with Gasteiger partial charge in [-0.05, 0) is 30.7 Å². The molecule has 2 unspecified atom stereocenters. The summed E-state index contributed by atoms with van der Waals surface area (Å²) in [5, 5.41) is 12.1. The highest BCUT2D eigenvalue weighted by atomic mass is 32.2. The highest BCUT2D eigenvalue weighted by Gasteiger charge is 2.27. The van der Waals surface area contributed by atoms with Gasteiger partial charge >= 0.3 is 5.97 Å². The summed E-state index contributed by atoms with van der Waals surface area (Å²) in [5.41, 5.74) is 2.01. The number of nitrogens with one attached hydrogen (secondary N) is 1. The molecule has 0 saturated carbocycles. The summed E-state index contributed by atoms with van der Waals surface area (Å²) in [6.45, 7) is 1.94. The minimum atomic E-state index is -0.773. The zero-order valence-electron chi connectivity index (χ0n) is 9.01. The molecule has 2 N–H and O–H groups in total. The minimum Gasteiger partial charge on any atom is -0.480 e. The average Bonchev–Trinajstić information content (AvgIpc) is 2.30. The van der Waals surface area contributed by atoms with Crippen molar-refractivity contribution in [3.05, 3.63) is 29.6 Å². The van der Waals surface area contributed by atoms with E-state index in [9.17, 15) is 4.79 Å². The largest absolute Gasteiger partial charge is 0.480 e. The van der Waals surface area contributed by atoms with Gasteiger partial charge < -0.3 is 5.11 Å². The van der Waals surface area contributed by atoms with Gasteiger partial charge in [-0.3, -0.25) is 15.1 Å². The standard InChI is InChI=1S/C11H14N2O2S/c1-7-2-3-8(6-12-7)10-13-9(11(14)15)4-5-16-10/h2-3,6,9-10,13H,4-5H2,1H3,(H,14,15). The molecule has 86 valence electrons. The van der Waals surface area contributed by atoms with E-state index in [1.54, 1.807) is 11.8 Å². The molecular weight excluding hydrogens is 224 g/mol. The fourth-order valence-corrected chi connectivity index (χ4v) is 2.84. The van der Waals surface area contributed by atoms with E-state index in [2.05, 4.69) is 10.3 Å². The SMILES string of the molecule is Cc1ccc(C2NC(C(=O)O)CCS2)cn1. The Morgan fingerprint density at radius 3 is 3.06 bits per heavy atom. The predicted octanol–water partition coefficient (Wildman–Crippen LogP) is 1.57. The van der Waals surface area contributed by atoms with Gasteiger partial charge in [0, 0.05) is 11.9 Å². The van der Waals surface area contributed by atoms with Crippen LogP contribution in [0.2, 0.25) is 0 Å². The van der Waals surface area contributed by atoms with Gasteiger partial charge in [-0.1, -0.05) is 6.07 Å². The number of rotatable bonds is 2. The summed E-state index contributed by atoms with van der Waals surface area (Å²) in [6.07, 6.45) is 2.49. The molecule has 1 aliphatic heterocycles. The van der Waals surface area contributed by atoms with Crippen LogP contribution in [0.4, 0.5) is 0 Å². The second kappa shape index (κ2) is 4.84. The molecule has 0 radical (unpaired) electrons. The number of aliphatic carboxylic acids is 1. The Morgan fingerprint density at radius 2 is 2.44 bits per heavy atom. The zero-order chi connectivity index (χ0) is 11.5. The quantitative estimate of drug-likeness (QED) is 0.819. The van der Waals surface area contributed by atoms with Crippen LogP contribution in [0.5, 0.6) is 0 Å². The van der Waals surface area contributed by atoms with Crippen molar-refractivity contribution in [3.63, 3.8) is 0 Å². The number of pyridine rings is 1. The van der Waals surface area contributed by atoms with Crippen LogP contribution < -0.4 is 5.32 Å². The Kier molecular flexibility index (Phi) is 3.46. The molecule has 1 aromatic rings. The number of aryl methyl sites for hydroxylation is 1. The molecule has 1 aliphatic rings. The average molecular weight is 238 g/mol. The van der Waals surface area contributed by atoms with Crippen LogP contribution >= 0.6 is 11.8 Å². The molecule has 1 aromatic heterocycles. The molecule has 0 spiro atoms. The molecule has 0 aliphatic carbocycles. The number of hydrogen-bond acceptors (Lipinski definition) is 4. The van der Waals surface area contributed by atoms with E-state index in [1.807, 2.05) is 25.3 Å². The van der Waals surface area contributed by atoms with E-state index in [0.29, 0.717) is 6.42 Å². The molecule has 2 heterocycles. The number of carboxylic acids is 1. The smallest absolute Gasteiger partial charge is 0.320 e. The zero-order valence-corrected chi connectivity index (χ0v) is 9.83. The lowest BCUT2D eigenvalue weighted by Gasteiger charge is -2.28. The Bertz CT molecular complexity index is 380. The molecular formula is C11H14N2O2S. The van der Waals surface area contributed by atoms with Crippen molar-refractivity contribution in [2.75, 3.05) is 5.75 Å².